The molecule has 0 spiro atoms. The number of allylic oxidation sites excluding steroid dienone is 1. The number of hydrogen-bond donors (Lipinski definition) is 1. The monoisotopic (exact) mass is 200 g/mol. The van der Waals surface area contributed by atoms with Gasteiger partial charge in [0.05, 0.1) is 0 Å². The Morgan fingerprint density at radius 3 is 2.83 bits per heavy atom. The normalized spacial score (nSPS) is 17.3. The summed E-state index contributed by atoms with van der Waals surface area (Å²) in [7, 11) is 0. The van der Waals surface area contributed by atoms with Crippen LogP contribution < -0.4 is 3.24 Å². The van der Waals surface area contributed by atoms with Crippen LogP contribution in [-0.2, 0) is 3.10 Å². The van der Waals surface area contributed by atoms with Gasteiger partial charge in [-0.25, -0.2) is 0 Å². The number of hydrogen-bond acceptors (Lipinski definition) is 1. The Hall–Kier alpha value is -0.000390. The van der Waals surface area contributed by atoms with Gasteiger partial charge in [0.1, 0.15) is 0 Å². The van der Waals surface area contributed by atoms with Crippen molar-refractivity contribution in [1.29, 1.82) is 0 Å². The zero-order chi connectivity index (χ0) is 4.24. The van der Waals surface area contributed by atoms with Crippen LogP contribution in [0.25, 0.3) is 0 Å². The molecule has 0 radical (unpaired) electrons. The second-order valence-corrected chi connectivity index (χ2v) is 2.49. The molecule has 1 heterocycles. The van der Waals surface area contributed by atoms with Gasteiger partial charge in [-0.1, -0.05) is 0 Å². The zero-order valence-electron chi connectivity index (χ0n) is 3.05. The summed E-state index contributed by atoms with van der Waals surface area (Å²) in [4.78, 5) is 0. The topological polar surface area (TPSA) is 23.2 Å². The summed E-state index contributed by atoms with van der Waals surface area (Å²) in [6.07, 6.45) is 5.44. The summed E-state index contributed by atoms with van der Waals surface area (Å²) in [5, 5.41) is 0. The fraction of sp³-hybridized carbons (Fsp3) is 0. The Morgan fingerprint density at radius 2 is 2.67 bits per heavy atom. The molecule has 1 aliphatic rings. The van der Waals surface area contributed by atoms with Crippen LogP contribution in [0.3, 0.4) is 0 Å². The molecule has 0 aliphatic carbocycles. The molecule has 0 amide bonds. The van der Waals surface area contributed by atoms with Crippen molar-refractivity contribution in [2.24, 2.45) is 0 Å². The molecule has 2 nitrogen and oxygen atoms in total. The van der Waals surface area contributed by atoms with Crippen molar-refractivity contribution in [3.05, 3.63) is 12.3 Å². The first-order valence-electron chi connectivity index (χ1n) is 1.56. The van der Waals surface area contributed by atoms with E-state index in [2.05, 4.69) is 3.24 Å². The van der Waals surface area contributed by atoms with E-state index in [4.69, 9.17) is 3.10 Å². The van der Waals surface area contributed by atoms with Crippen molar-refractivity contribution < 1.29 is 6.34 Å². The molecule has 1 N–H and O–H groups in total. The summed E-state index contributed by atoms with van der Waals surface area (Å²) in [6.45, 7) is 0. The second-order valence-electron chi connectivity index (χ2n) is 0.793. The molecule has 32 valence electrons. The van der Waals surface area contributed by atoms with Gasteiger partial charge in [0.15, 0.2) is 0 Å². The molecule has 0 aromatic heterocycles. The summed E-state index contributed by atoms with van der Waals surface area (Å²) >= 11 is -0.320. The summed E-state index contributed by atoms with van der Waals surface area (Å²) < 4.78 is 7.86. The summed E-state index contributed by atoms with van der Waals surface area (Å²) in [5.41, 5.74) is 0. The molecule has 0 atom stereocenters. The molecule has 0 saturated heterocycles. The van der Waals surface area contributed by atoms with Gasteiger partial charge in [-0.3, -0.25) is 0 Å². The van der Waals surface area contributed by atoms with Gasteiger partial charge in [-0.05, 0) is 0 Å². The molecule has 0 saturated carbocycles. The standard InChI is InChI=1S/C3H3NOTe/c1-2-4-6-5-3-1/h1-3H/p+1. The fourth-order valence-electron chi connectivity index (χ4n) is 0.194. The molecular formula is C3H4NOTe+. The quantitative estimate of drug-likeness (QED) is 0.456. The number of rotatable bonds is 0. The molecule has 6 heavy (non-hydrogen) atoms. The molecule has 0 aromatic rings. The van der Waals surface area contributed by atoms with Crippen LogP contribution in [0.4, 0.5) is 0 Å². The first-order valence-corrected chi connectivity index (χ1v) is 3.68. The molecule has 0 aromatic carbocycles. The van der Waals surface area contributed by atoms with E-state index >= 15 is 0 Å². The molecule has 1 rings (SSSR count). The third-order valence-corrected chi connectivity index (χ3v) is 1.65. The van der Waals surface area contributed by atoms with E-state index in [1.807, 2.05) is 12.3 Å². The van der Waals surface area contributed by atoms with Crippen LogP contribution in [0.15, 0.2) is 12.3 Å². The van der Waals surface area contributed by atoms with Crippen LogP contribution >= 0.6 is 0 Å². The third kappa shape index (κ3) is 1.000. The van der Waals surface area contributed by atoms with Crippen molar-refractivity contribution in [2.75, 3.05) is 0 Å². The Balaban J connectivity index is 2.46. The average Bonchev–Trinajstić information content (AvgIpc) is 1.72. The van der Waals surface area contributed by atoms with E-state index in [0.29, 0.717) is 0 Å². The maximum atomic E-state index is 4.88. The van der Waals surface area contributed by atoms with Gasteiger partial charge < -0.3 is 0 Å². The maximum absolute atomic E-state index is 4.88. The van der Waals surface area contributed by atoms with Gasteiger partial charge in [0.2, 0.25) is 0 Å². The Labute approximate surface area is 46.9 Å². The van der Waals surface area contributed by atoms with E-state index in [1.165, 1.54) is 0 Å². The fourth-order valence-corrected chi connectivity index (χ4v) is 1.08. The Kier molecular flexibility index (Phi) is 1.54. The van der Waals surface area contributed by atoms with Crippen molar-refractivity contribution in [3.8, 4) is 0 Å². The number of nitrogens with one attached hydrogen (secondary N) is 1. The van der Waals surface area contributed by atoms with Crippen LogP contribution in [0.1, 0.15) is 0 Å². The SMILES string of the molecule is C1=CO[Te][NH+]=C1. The van der Waals surface area contributed by atoms with E-state index in [9.17, 15) is 0 Å². The first kappa shape index (κ1) is 4.17. The van der Waals surface area contributed by atoms with Gasteiger partial charge in [0.25, 0.3) is 0 Å². The van der Waals surface area contributed by atoms with Crippen molar-refractivity contribution >= 4 is 27.8 Å². The van der Waals surface area contributed by atoms with Crippen LogP contribution in [0.5, 0.6) is 0 Å². The molecule has 0 fully saturated rings. The Bertz CT molecular complexity index is 76.8. The van der Waals surface area contributed by atoms with Crippen molar-refractivity contribution in [3.63, 3.8) is 0 Å². The molecule has 1 aliphatic heterocycles. The van der Waals surface area contributed by atoms with Gasteiger partial charge in [0, 0.05) is 0 Å². The third-order valence-electron chi connectivity index (χ3n) is 0.395. The predicted molar refractivity (Wildman–Crippen MR) is 23.0 cm³/mol. The molecule has 0 bridgehead atoms. The predicted octanol–water partition coefficient (Wildman–Crippen LogP) is -1.78. The van der Waals surface area contributed by atoms with Crippen LogP contribution in [0, 0.1) is 0 Å². The minimum atomic E-state index is -0.320. The molecular weight excluding hydrogens is 194 g/mol. The van der Waals surface area contributed by atoms with E-state index < -0.39 is 0 Å². The zero-order valence-corrected chi connectivity index (χ0v) is 5.38. The van der Waals surface area contributed by atoms with E-state index in [-0.39, 0.29) is 21.6 Å². The minimum absolute atomic E-state index is 0.320. The Morgan fingerprint density at radius 1 is 1.67 bits per heavy atom. The van der Waals surface area contributed by atoms with Gasteiger partial charge >= 0.3 is 46.5 Å². The van der Waals surface area contributed by atoms with Crippen LogP contribution in [-0.4, -0.2) is 27.8 Å². The van der Waals surface area contributed by atoms with Crippen molar-refractivity contribution in [2.45, 2.75) is 0 Å². The summed E-state index contributed by atoms with van der Waals surface area (Å²) in [5.74, 6) is 0. The van der Waals surface area contributed by atoms with Crippen LogP contribution in [0.2, 0.25) is 0 Å². The first-order chi connectivity index (χ1) is 3.00. The molecule has 3 heteroatoms. The molecule has 0 unspecified atom stereocenters. The summed E-state index contributed by atoms with van der Waals surface area (Å²) in [6, 6.07) is 0. The van der Waals surface area contributed by atoms with Gasteiger partial charge in [-0.2, -0.15) is 0 Å². The second kappa shape index (κ2) is 2.22. The van der Waals surface area contributed by atoms with Crippen molar-refractivity contribution in [1.82, 2.24) is 0 Å². The van der Waals surface area contributed by atoms with E-state index in [1.54, 1.807) is 6.26 Å². The average molecular weight is 198 g/mol. The van der Waals surface area contributed by atoms with Gasteiger partial charge in [-0.15, -0.1) is 0 Å². The van der Waals surface area contributed by atoms with E-state index in [0.717, 1.165) is 0 Å².